The van der Waals surface area contributed by atoms with Gasteiger partial charge in [-0.25, -0.2) is 0 Å². The van der Waals surface area contributed by atoms with Gasteiger partial charge in [0.2, 0.25) is 5.91 Å². The van der Waals surface area contributed by atoms with E-state index in [1.165, 1.54) is 12.3 Å². The highest BCUT2D eigenvalue weighted by atomic mass is 19.4. The van der Waals surface area contributed by atoms with E-state index in [1.54, 1.807) is 6.07 Å². The minimum Gasteiger partial charge on any atom is -0.383 e. The molecular weight excluding hydrogens is 307 g/mol. The van der Waals surface area contributed by atoms with Crippen LogP contribution in [0.2, 0.25) is 0 Å². The third-order valence-corrected chi connectivity index (χ3v) is 3.76. The average molecular weight is 323 g/mol. The molecule has 1 saturated carbocycles. The molecule has 122 valence electrons. The average Bonchev–Trinajstić information content (AvgIpc) is 3.34. The van der Waals surface area contributed by atoms with Crippen molar-refractivity contribution in [3.05, 3.63) is 36.0 Å². The van der Waals surface area contributed by atoms with Gasteiger partial charge in [0.05, 0.1) is 11.1 Å². The first-order chi connectivity index (χ1) is 10.9. The van der Waals surface area contributed by atoms with Crippen LogP contribution in [0.15, 0.2) is 30.5 Å². The number of alkyl halides is 3. The van der Waals surface area contributed by atoms with Gasteiger partial charge in [0, 0.05) is 36.3 Å². The smallest absolute Gasteiger partial charge is 0.383 e. The number of anilines is 1. The Hall–Kier alpha value is -2.31. The molecule has 3 rings (SSSR count). The van der Waals surface area contributed by atoms with Gasteiger partial charge in [0.25, 0.3) is 0 Å². The van der Waals surface area contributed by atoms with E-state index in [4.69, 9.17) is 0 Å². The van der Waals surface area contributed by atoms with Crippen molar-refractivity contribution >= 4 is 22.5 Å². The van der Waals surface area contributed by atoms with E-state index in [9.17, 15) is 18.0 Å². The Bertz CT molecular complexity index is 726. The van der Waals surface area contributed by atoms with Crippen LogP contribution in [0.4, 0.5) is 18.9 Å². The minimum atomic E-state index is -4.38. The summed E-state index contributed by atoms with van der Waals surface area (Å²) in [7, 11) is 0. The lowest BCUT2D eigenvalue weighted by Gasteiger charge is -2.12. The molecule has 1 aliphatic rings. The zero-order valence-corrected chi connectivity index (χ0v) is 12.3. The molecule has 4 nitrogen and oxygen atoms in total. The second-order valence-electron chi connectivity index (χ2n) is 5.58. The first-order valence-electron chi connectivity index (χ1n) is 7.43. The Morgan fingerprint density at radius 2 is 2.00 bits per heavy atom. The normalized spacial score (nSPS) is 14.7. The van der Waals surface area contributed by atoms with E-state index in [1.807, 2.05) is 0 Å². The summed E-state index contributed by atoms with van der Waals surface area (Å²) in [4.78, 5) is 15.5. The van der Waals surface area contributed by atoms with Gasteiger partial charge >= 0.3 is 6.18 Å². The van der Waals surface area contributed by atoms with Gasteiger partial charge in [-0.2, -0.15) is 13.2 Å². The van der Waals surface area contributed by atoms with E-state index in [-0.39, 0.29) is 17.3 Å². The maximum Gasteiger partial charge on any atom is 0.416 e. The predicted octanol–water partition coefficient (Wildman–Crippen LogP) is 3.19. The number of nitrogens with one attached hydrogen (secondary N) is 2. The molecule has 1 aromatic heterocycles. The molecule has 0 saturated heterocycles. The molecule has 1 fully saturated rings. The van der Waals surface area contributed by atoms with Crippen molar-refractivity contribution in [2.75, 3.05) is 18.4 Å². The van der Waals surface area contributed by atoms with Crippen molar-refractivity contribution in [3.8, 4) is 0 Å². The van der Waals surface area contributed by atoms with Gasteiger partial charge in [-0.15, -0.1) is 0 Å². The fraction of sp³-hybridized carbons (Fsp3) is 0.375. The first-order valence-corrected chi connectivity index (χ1v) is 7.43. The van der Waals surface area contributed by atoms with E-state index < -0.39 is 11.7 Å². The number of benzene rings is 1. The number of rotatable bonds is 5. The number of hydrogen-bond donors (Lipinski definition) is 2. The second kappa shape index (κ2) is 6.06. The van der Waals surface area contributed by atoms with Crippen molar-refractivity contribution in [2.24, 2.45) is 5.92 Å². The predicted molar refractivity (Wildman–Crippen MR) is 81.0 cm³/mol. The molecule has 1 heterocycles. The lowest BCUT2D eigenvalue weighted by molar-refractivity contribution is -0.137. The van der Waals surface area contributed by atoms with E-state index >= 15 is 0 Å². The fourth-order valence-corrected chi connectivity index (χ4v) is 2.35. The highest BCUT2D eigenvalue weighted by Crippen LogP contribution is 2.32. The molecule has 0 unspecified atom stereocenters. The van der Waals surface area contributed by atoms with E-state index in [2.05, 4.69) is 15.6 Å². The lowest BCUT2D eigenvalue weighted by atomic mass is 10.1. The number of hydrogen-bond acceptors (Lipinski definition) is 3. The summed E-state index contributed by atoms with van der Waals surface area (Å²) in [6.07, 6.45) is -1.01. The monoisotopic (exact) mass is 323 g/mol. The number of aromatic nitrogens is 1. The Balaban J connectivity index is 1.67. The summed E-state index contributed by atoms with van der Waals surface area (Å²) in [5.74, 6) is 0.235. The van der Waals surface area contributed by atoms with Crippen molar-refractivity contribution in [2.45, 2.75) is 19.0 Å². The SMILES string of the molecule is O=C(NCCNc1ccnc2cc(C(F)(F)F)ccc12)C1CC1. The molecule has 7 heteroatoms. The molecule has 2 N–H and O–H groups in total. The summed E-state index contributed by atoms with van der Waals surface area (Å²) in [5, 5.41) is 6.57. The zero-order valence-electron chi connectivity index (χ0n) is 12.3. The third-order valence-electron chi connectivity index (χ3n) is 3.76. The summed E-state index contributed by atoms with van der Waals surface area (Å²) in [6.45, 7) is 0.971. The van der Waals surface area contributed by atoms with E-state index in [0.29, 0.717) is 24.2 Å². The number of carbonyl (C=O) groups excluding carboxylic acids is 1. The number of nitrogens with zero attached hydrogens (tertiary/aromatic N) is 1. The maximum atomic E-state index is 12.7. The molecule has 0 spiro atoms. The van der Waals surface area contributed by atoms with Crippen molar-refractivity contribution in [3.63, 3.8) is 0 Å². The quantitative estimate of drug-likeness (QED) is 0.831. The van der Waals surface area contributed by atoms with Crippen LogP contribution in [-0.4, -0.2) is 24.0 Å². The molecule has 1 aromatic carbocycles. The molecule has 2 aromatic rings. The fourth-order valence-electron chi connectivity index (χ4n) is 2.35. The van der Waals surface area contributed by atoms with Gasteiger partial charge in [0.1, 0.15) is 0 Å². The molecule has 0 radical (unpaired) electrons. The Morgan fingerprint density at radius 1 is 1.22 bits per heavy atom. The van der Waals surface area contributed by atoms with Crippen molar-refractivity contribution in [1.82, 2.24) is 10.3 Å². The number of amides is 1. The third kappa shape index (κ3) is 3.72. The Labute approximate surface area is 131 Å². The topological polar surface area (TPSA) is 54.0 Å². The summed E-state index contributed by atoms with van der Waals surface area (Å²) >= 11 is 0. The molecule has 0 atom stereocenters. The van der Waals surface area contributed by atoms with Crippen LogP contribution in [0.1, 0.15) is 18.4 Å². The summed E-state index contributed by atoms with van der Waals surface area (Å²) in [5.41, 5.74) is 0.266. The highest BCUT2D eigenvalue weighted by molar-refractivity contribution is 5.91. The Kier molecular flexibility index (Phi) is 4.11. The van der Waals surface area contributed by atoms with Gasteiger partial charge < -0.3 is 10.6 Å². The van der Waals surface area contributed by atoms with Crippen LogP contribution in [-0.2, 0) is 11.0 Å². The first kappa shape index (κ1) is 15.6. The minimum absolute atomic E-state index is 0.0706. The molecule has 0 bridgehead atoms. The number of carbonyl (C=O) groups is 1. The van der Waals surface area contributed by atoms with Gasteiger partial charge in [-0.05, 0) is 31.0 Å². The summed E-state index contributed by atoms with van der Waals surface area (Å²) < 4.78 is 38.2. The van der Waals surface area contributed by atoms with Crippen molar-refractivity contribution in [1.29, 1.82) is 0 Å². The van der Waals surface area contributed by atoms with Gasteiger partial charge in [-0.3, -0.25) is 9.78 Å². The van der Waals surface area contributed by atoms with E-state index in [0.717, 1.165) is 25.0 Å². The number of pyridine rings is 1. The van der Waals surface area contributed by atoms with Crippen LogP contribution in [0, 0.1) is 5.92 Å². The standard InChI is InChI=1S/C16H16F3N3O/c17-16(18,19)11-3-4-12-13(5-6-20-14(12)9-11)21-7-8-22-15(23)10-1-2-10/h3-6,9-10H,1-2,7-8H2,(H,20,21)(H,22,23). The molecule has 23 heavy (non-hydrogen) atoms. The largest absolute Gasteiger partial charge is 0.416 e. The van der Waals surface area contributed by atoms with Crippen molar-refractivity contribution < 1.29 is 18.0 Å². The van der Waals surface area contributed by atoms with Gasteiger partial charge in [0.15, 0.2) is 0 Å². The van der Waals surface area contributed by atoms with Crippen LogP contribution < -0.4 is 10.6 Å². The molecular formula is C16H16F3N3O. The Morgan fingerprint density at radius 3 is 2.70 bits per heavy atom. The molecule has 1 aliphatic carbocycles. The summed E-state index contributed by atoms with van der Waals surface area (Å²) in [6, 6.07) is 5.20. The maximum absolute atomic E-state index is 12.7. The molecule has 0 aliphatic heterocycles. The lowest BCUT2D eigenvalue weighted by Crippen LogP contribution is -2.29. The number of halogens is 3. The van der Waals surface area contributed by atoms with Crippen LogP contribution in [0.5, 0.6) is 0 Å². The number of fused-ring (bicyclic) bond motifs is 1. The van der Waals surface area contributed by atoms with Gasteiger partial charge in [-0.1, -0.05) is 6.07 Å². The zero-order chi connectivity index (χ0) is 16.4. The van der Waals surface area contributed by atoms with Crippen LogP contribution >= 0.6 is 0 Å². The van der Waals surface area contributed by atoms with Crippen LogP contribution in [0.3, 0.4) is 0 Å². The second-order valence-corrected chi connectivity index (χ2v) is 5.58. The van der Waals surface area contributed by atoms with Crippen LogP contribution in [0.25, 0.3) is 10.9 Å². The highest BCUT2D eigenvalue weighted by Gasteiger charge is 2.31. The molecule has 1 amide bonds.